The summed E-state index contributed by atoms with van der Waals surface area (Å²) >= 11 is 0. The van der Waals surface area contributed by atoms with E-state index in [4.69, 9.17) is 16.2 Å². The van der Waals surface area contributed by atoms with E-state index in [1.165, 1.54) is 17.3 Å². The number of rotatable bonds is 6. The maximum atomic E-state index is 12.6. The second-order valence-corrected chi connectivity index (χ2v) is 6.75. The summed E-state index contributed by atoms with van der Waals surface area (Å²) in [6.45, 7) is 6.60. The molecule has 1 atom stereocenters. The molecule has 0 bridgehead atoms. The number of amides is 1. The number of hydrogen-bond donors (Lipinski definition) is 2. The number of alkyl halides is 3. The summed E-state index contributed by atoms with van der Waals surface area (Å²) in [5.41, 5.74) is 10.2. The number of halogens is 3. The van der Waals surface area contributed by atoms with Gasteiger partial charge in [-0.15, -0.1) is 13.2 Å². The average molecular weight is 403 g/mol. The quantitative estimate of drug-likeness (QED) is 0.554. The second kappa shape index (κ2) is 9.29. The van der Waals surface area contributed by atoms with Crippen molar-refractivity contribution in [2.45, 2.75) is 45.7 Å². The van der Waals surface area contributed by atoms with Gasteiger partial charge in [0, 0.05) is 18.1 Å². The number of aromatic nitrogens is 2. The summed E-state index contributed by atoms with van der Waals surface area (Å²) in [5, 5.41) is 0. The molecule has 0 spiro atoms. The lowest BCUT2D eigenvalue weighted by molar-refractivity contribution is -0.305. The SMILES string of the molecule is CC(c1ncccn1)N(C/C(N)=C/C=C(\N)OC(F)(F)F)C(=O)OC(C)(C)C. The molecule has 0 aliphatic carbocycles. The van der Waals surface area contributed by atoms with Crippen LogP contribution in [0.5, 0.6) is 0 Å². The fourth-order valence-electron chi connectivity index (χ4n) is 1.95. The lowest BCUT2D eigenvalue weighted by Gasteiger charge is -2.31. The lowest BCUT2D eigenvalue weighted by atomic mass is 10.2. The summed E-state index contributed by atoms with van der Waals surface area (Å²) in [6, 6.07) is 1.01. The molecule has 1 aromatic heterocycles. The molecule has 1 aromatic rings. The third-order valence-electron chi connectivity index (χ3n) is 3.10. The molecule has 1 rings (SSSR count). The fraction of sp³-hybridized carbons (Fsp3) is 0.471. The minimum absolute atomic E-state index is 0.0439. The molecular weight excluding hydrogens is 379 g/mol. The Morgan fingerprint density at radius 3 is 2.25 bits per heavy atom. The van der Waals surface area contributed by atoms with Gasteiger partial charge in [0.1, 0.15) is 5.60 Å². The number of nitrogens with two attached hydrogens (primary N) is 2. The van der Waals surface area contributed by atoms with Gasteiger partial charge in [0.2, 0.25) is 0 Å². The highest BCUT2D eigenvalue weighted by Crippen LogP contribution is 2.21. The van der Waals surface area contributed by atoms with Crippen LogP contribution in [0.25, 0.3) is 0 Å². The monoisotopic (exact) mass is 403 g/mol. The van der Waals surface area contributed by atoms with Gasteiger partial charge >= 0.3 is 12.5 Å². The summed E-state index contributed by atoms with van der Waals surface area (Å²) in [4.78, 5) is 22.0. The first kappa shape index (κ1) is 23.1. The van der Waals surface area contributed by atoms with Crippen LogP contribution in [0, 0.1) is 0 Å². The Bertz CT molecular complexity index is 715. The molecule has 156 valence electrons. The molecule has 0 saturated heterocycles. The van der Waals surface area contributed by atoms with Crippen molar-refractivity contribution in [3.63, 3.8) is 0 Å². The maximum Gasteiger partial charge on any atom is 0.574 e. The van der Waals surface area contributed by atoms with Crippen molar-refractivity contribution in [2.75, 3.05) is 6.54 Å². The van der Waals surface area contributed by atoms with Crippen LogP contribution in [-0.4, -0.2) is 39.5 Å². The molecule has 1 heterocycles. The van der Waals surface area contributed by atoms with Crippen LogP contribution in [0.1, 0.15) is 39.6 Å². The van der Waals surface area contributed by atoms with Crippen molar-refractivity contribution < 1.29 is 27.4 Å². The molecule has 11 heteroatoms. The Morgan fingerprint density at radius 1 is 1.18 bits per heavy atom. The number of nitrogens with zero attached hydrogens (tertiary/aromatic N) is 3. The van der Waals surface area contributed by atoms with E-state index >= 15 is 0 Å². The topological polar surface area (TPSA) is 117 Å². The Kier molecular flexibility index (Phi) is 7.65. The van der Waals surface area contributed by atoms with Crippen LogP contribution < -0.4 is 11.5 Å². The maximum absolute atomic E-state index is 12.6. The fourth-order valence-corrected chi connectivity index (χ4v) is 1.95. The van der Waals surface area contributed by atoms with E-state index in [0.717, 1.165) is 12.2 Å². The Morgan fingerprint density at radius 2 is 1.75 bits per heavy atom. The van der Waals surface area contributed by atoms with Crippen LogP contribution in [-0.2, 0) is 9.47 Å². The van der Waals surface area contributed by atoms with Crippen LogP contribution in [0.2, 0.25) is 0 Å². The zero-order valence-corrected chi connectivity index (χ0v) is 16.0. The van der Waals surface area contributed by atoms with E-state index in [2.05, 4.69) is 14.7 Å². The summed E-state index contributed by atoms with van der Waals surface area (Å²) < 4.78 is 45.3. The van der Waals surface area contributed by atoms with Crippen molar-refractivity contribution in [3.05, 3.63) is 48.0 Å². The number of carbonyl (C=O) groups excluding carboxylic acids is 1. The first-order valence-electron chi connectivity index (χ1n) is 8.22. The van der Waals surface area contributed by atoms with Gasteiger partial charge in [-0.3, -0.25) is 4.90 Å². The number of allylic oxidation sites excluding steroid dienone is 2. The van der Waals surface area contributed by atoms with E-state index < -0.39 is 30.0 Å². The molecule has 0 radical (unpaired) electrons. The summed E-state index contributed by atoms with van der Waals surface area (Å²) in [7, 11) is 0. The Balaban J connectivity index is 3.03. The number of ether oxygens (including phenoxy) is 2. The molecule has 0 aliphatic rings. The van der Waals surface area contributed by atoms with Gasteiger partial charge in [0.25, 0.3) is 0 Å². The molecule has 0 fully saturated rings. The molecular formula is C17H24F3N5O3. The highest BCUT2D eigenvalue weighted by molar-refractivity contribution is 5.69. The van der Waals surface area contributed by atoms with Crippen molar-refractivity contribution in [2.24, 2.45) is 11.5 Å². The first-order chi connectivity index (χ1) is 12.8. The normalized spacial score (nSPS) is 14.4. The van der Waals surface area contributed by atoms with Crippen LogP contribution in [0.3, 0.4) is 0 Å². The molecule has 1 amide bonds. The predicted octanol–water partition coefficient (Wildman–Crippen LogP) is 2.95. The van der Waals surface area contributed by atoms with E-state index in [1.807, 2.05) is 0 Å². The zero-order valence-electron chi connectivity index (χ0n) is 16.0. The van der Waals surface area contributed by atoms with Crippen molar-refractivity contribution >= 4 is 6.09 Å². The van der Waals surface area contributed by atoms with Gasteiger partial charge in [0.05, 0.1) is 12.6 Å². The second-order valence-electron chi connectivity index (χ2n) is 6.75. The van der Waals surface area contributed by atoms with Crippen LogP contribution in [0.4, 0.5) is 18.0 Å². The Hall–Kier alpha value is -2.98. The summed E-state index contributed by atoms with van der Waals surface area (Å²) in [5.74, 6) is -0.546. The third-order valence-corrected chi connectivity index (χ3v) is 3.10. The smallest absolute Gasteiger partial charge is 0.444 e. The van der Waals surface area contributed by atoms with Gasteiger partial charge in [-0.25, -0.2) is 14.8 Å². The Labute approximate surface area is 161 Å². The molecule has 0 aromatic carbocycles. The minimum atomic E-state index is -4.91. The van der Waals surface area contributed by atoms with E-state index in [-0.39, 0.29) is 12.2 Å². The highest BCUT2D eigenvalue weighted by Gasteiger charge is 2.31. The van der Waals surface area contributed by atoms with Gasteiger partial charge in [-0.2, -0.15) is 0 Å². The highest BCUT2D eigenvalue weighted by atomic mass is 19.4. The van der Waals surface area contributed by atoms with E-state index in [1.54, 1.807) is 33.8 Å². The van der Waals surface area contributed by atoms with Crippen LogP contribution >= 0.6 is 0 Å². The number of carbonyl (C=O) groups is 1. The minimum Gasteiger partial charge on any atom is -0.444 e. The van der Waals surface area contributed by atoms with Crippen molar-refractivity contribution in [1.82, 2.24) is 14.9 Å². The standard InChI is InChI=1S/C17H24F3N5O3/c1-11(14-23-8-5-9-24-14)25(15(26)28-16(2,3)4)10-12(21)6-7-13(22)27-17(18,19)20/h5-9,11H,10,21-22H2,1-4H3/b12-6-,13-7+. The van der Waals surface area contributed by atoms with Crippen molar-refractivity contribution in [1.29, 1.82) is 0 Å². The molecule has 4 N–H and O–H groups in total. The predicted molar refractivity (Wildman–Crippen MR) is 95.1 cm³/mol. The zero-order chi connectivity index (χ0) is 21.5. The molecule has 0 saturated carbocycles. The largest absolute Gasteiger partial charge is 0.574 e. The van der Waals surface area contributed by atoms with Gasteiger partial charge < -0.3 is 20.9 Å². The summed E-state index contributed by atoms with van der Waals surface area (Å²) in [6.07, 6.45) is -0.610. The average Bonchev–Trinajstić information content (AvgIpc) is 2.55. The van der Waals surface area contributed by atoms with Crippen LogP contribution in [0.15, 0.2) is 42.2 Å². The molecule has 1 unspecified atom stereocenters. The van der Waals surface area contributed by atoms with Gasteiger partial charge in [0.15, 0.2) is 11.7 Å². The van der Waals surface area contributed by atoms with E-state index in [0.29, 0.717) is 5.82 Å². The molecule has 8 nitrogen and oxygen atoms in total. The lowest BCUT2D eigenvalue weighted by Crippen LogP contribution is -2.41. The molecule has 0 aliphatic heterocycles. The van der Waals surface area contributed by atoms with Crippen molar-refractivity contribution in [3.8, 4) is 0 Å². The van der Waals surface area contributed by atoms with Gasteiger partial charge in [-0.1, -0.05) is 0 Å². The molecule has 28 heavy (non-hydrogen) atoms. The first-order valence-corrected chi connectivity index (χ1v) is 8.22. The number of hydrogen-bond acceptors (Lipinski definition) is 7. The van der Waals surface area contributed by atoms with E-state index in [9.17, 15) is 18.0 Å². The van der Waals surface area contributed by atoms with Gasteiger partial charge in [-0.05, 0) is 45.9 Å². The third kappa shape index (κ3) is 8.60.